The number of anilines is 2. The zero-order valence-electron chi connectivity index (χ0n) is 15.5. The molecule has 0 bridgehead atoms. The van der Waals surface area contributed by atoms with Crippen LogP contribution in [0.25, 0.3) is 0 Å². The average molecular weight is 373 g/mol. The Morgan fingerprint density at radius 3 is 1.96 bits per heavy atom. The molecule has 1 aliphatic heterocycles. The Balaban J connectivity index is 1.93. The minimum Gasteiger partial charge on any atom is -0.391 e. The van der Waals surface area contributed by atoms with Crippen LogP contribution in [-0.4, -0.2) is 44.1 Å². The number of aliphatic hydroxyl groups excluding tert-OH is 1. The molecule has 5 nitrogen and oxygen atoms in total. The number of aliphatic hydroxyl groups is 1. The van der Waals surface area contributed by atoms with Crippen LogP contribution in [0.1, 0.15) is 12.8 Å². The number of hydrogen-bond donors (Lipinski definition) is 2. The third-order valence-corrected chi connectivity index (χ3v) is 8.37. The predicted octanol–water partition coefficient (Wildman–Crippen LogP) is 3.57. The normalized spacial score (nSPS) is 18.5. The summed E-state index contributed by atoms with van der Waals surface area (Å²) in [7, 11) is 0.626. The fourth-order valence-electron chi connectivity index (χ4n) is 3.51. The summed E-state index contributed by atoms with van der Waals surface area (Å²) in [6.07, 6.45) is 1.53. The van der Waals surface area contributed by atoms with Crippen LogP contribution in [0.4, 0.5) is 11.4 Å². The molecule has 2 aromatic rings. The molecule has 0 radical (unpaired) electrons. The van der Waals surface area contributed by atoms with Crippen molar-refractivity contribution in [1.29, 1.82) is 0 Å². The van der Waals surface area contributed by atoms with Crippen molar-refractivity contribution < 1.29 is 9.67 Å². The third kappa shape index (κ3) is 3.96. The monoisotopic (exact) mass is 373 g/mol. The van der Waals surface area contributed by atoms with Crippen molar-refractivity contribution in [3.05, 3.63) is 60.7 Å². The maximum absolute atomic E-state index is 14.2. The van der Waals surface area contributed by atoms with Gasteiger partial charge < -0.3 is 19.8 Å². The molecular formula is C20H28N3O2P. The Morgan fingerprint density at radius 1 is 1.04 bits per heavy atom. The van der Waals surface area contributed by atoms with Crippen molar-refractivity contribution >= 4 is 18.8 Å². The first-order valence-corrected chi connectivity index (χ1v) is 10.9. The van der Waals surface area contributed by atoms with Crippen molar-refractivity contribution in [1.82, 2.24) is 5.32 Å². The molecule has 0 saturated carbocycles. The molecule has 1 fully saturated rings. The van der Waals surface area contributed by atoms with Crippen molar-refractivity contribution in [2.24, 2.45) is 0 Å². The Labute approximate surface area is 156 Å². The van der Waals surface area contributed by atoms with Gasteiger partial charge in [-0.3, -0.25) is 4.57 Å². The summed E-state index contributed by atoms with van der Waals surface area (Å²) in [6, 6.07) is 19.5. The number of nitrogens with one attached hydrogen (secondary N) is 1. The Morgan fingerprint density at radius 2 is 1.54 bits per heavy atom. The van der Waals surface area contributed by atoms with Gasteiger partial charge in [-0.25, -0.2) is 0 Å². The van der Waals surface area contributed by atoms with Crippen LogP contribution in [0.5, 0.6) is 0 Å². The first-order chi connectivity index (χ1) is 12.5. The fraction of sp³-hybridized carbons (Fsp3) is 0.400. The van der Waals surface area contributed by atoms with E-state index in [9.17, 15) is 9.67 Å². The number of hydrogen-bond acceptors (Lipinski definition) is 3. The zero-order valence-corrected chi connectivity index (χ0v) is 16.3. The largest absolute Gasteiger partial charge is 0.391 e. The van der Waals surface area contributed by atoms with Gasteiger partial charge in [0.25, 0.3) is 7.44 Å². The van der Waals surface area contributed by atoms with E-state index in [0.29, 0.717) is 0 Å². The highest BCUT2D eigenvalue weighted by Crippen LogP contribution is 2.55. The number of nitrogens with zero attached hydrogens (tertiary/aromatic N) is 2. The summed E-state index contributed by atoms with van der Waals surface area (Å²) in [5, 5.41) is 14.1. The van der Waals surface area contributed by atoms with E-state index in [4.69, 9.17) is 0 Å². The smallest absolute Gasteiger partial charge is 0.265 e. The Hall–Kier alpha value is -1.81. The predicted molar refractivity (Wildman–Crippen MR) is 109 cm³/mol. The van der Waals surface area contributed by atoms with Crippen LogP contribution in [0.3, 0.4) is 0 Å². The van der Waals surface area contributed by atoms with Gasteiger partial charge in [0.05, 0.1) is 12.3 Å². The molecule has 6 heteroatoms. The Bertz CT molecular complexity index is 686. The molecule has 3 rings (SSSR count). The van der Waals surface area contributed by atoms with E-state index in [-0.39, 0.29) is 12.2 Å². The van der Waals surface area contributed by atoms with Crippen LogP contribution >= 0.6 is 7.44 Å². The second-order valence-corrected chi connectivity index (χ2v) is 9.73. The van der Waals surface area contributed by atoms with Crippen LogP contribution in [-0.2, 0) is 4.57 Å². The van der Waals surface area contributed by atoms with Crippen molar-refractivity contribution in [3.8, 4) is 0 Å². The summed E-state index contributed by atoms with van der Waals surface area (Å²) in [5.41, 5.74) is 1.76. The maximum Gasteiger partial charge on any atom is 0.265 e. The third-order valence-electron chi connectivity index (χ3n) is 5.19. The van der Waals surface area contributed by atoms with Crippen LogP contribution < -0.4 is 14.7 Å². The first kappa shape index (κ1) is 19.0. The van der Waals surface area contributed by atoms with Gasteiger partial charge in [0.15, 0.2) is 0 Å². The maximum atomic E-state index is 14.2. The number of benzene rings is 2. The molecule has 0 amide bonds. The van der Waals surface area contributed by atoms with Crippen LogP contribution in [0.15, 0.2) is 60.7 Å². The molecule has 2 N–H and O–H groups in total. The van der Waals surface area contributed by atoms with Gasteiger partial charge in [-0.05, 0) is 43.7 Å². The van der Waals surface area contributed by atoms with Crippen LogP contribution in [0.2, 0.25) is 0 Å². The molecular weight excluding hydrogens is 345 g/mol. The summed E-state index contributed by atoms with van der Waals surface area (Å²) >= 11 is 0. The quantitative estimate of drug-likeness (QED) is 0.727. The SMILES string of the molecule is CN(c1ccccc1)P(=O)(C[C@@H](O)[C@@H]1CCCN1)N(C)c1ccccc1. The van der Waals surface area contributed by atoms with E-state index in [2.05, 4.69) is 5.32 Å². The van der Waals surface area contributed by atoms with Crippen molar-refractivity contribution in [2.75, 3.05) is 36.1 Å². The number of rotatable bonds is 7. The van der Waals surface area contributed by atoms with Gasteiger partial charge in [-0.15, -0.1) is 0 Å². The van der Waals surface area contributed by atoms with Crippen LogP contribution in [0, 0.1) is 0 Å². The average Bonchev–Trinajstić information content (AvgIpc) is 3.23. The minimum atomic E-state index is -3.08. The Kier molecular flexibility index (Phi) is 6.02. The van der Waals surface area contributed by atoms with E-state index in [1.54, 1.807) is 0 Å². The molecule has 0 unspecified atom stereocenters. The first-order valence-electron chi connectivity index (χ1n) is 9.11. The van der Waals surface area contributed by atoms with Gasteiger partial charge in [0, 0.05) is 31.5 Å². The zero-order chi connectivity index (χ0) is 18.6. The summed E-state index contributed by atoms with van der Waals surface area (Å²) < 4.78 is 17.9. The number of para-hydroxylation sites is 2. The van der Waals surface area contributed by atoms with E-state index in [1.807, 2.05) is 84.1 Å². The topological polar surface area (TPSA) is 55.8 Å². The summed E-state index contributed by atoms with van der Waals surface area (Å²) in [4.78, 5) is 0. The molecule has 2 atom stereocenters. The van der Waals surface area contributed by atoms with Gasteiger partial charge in [0.1, 0.15) is 0 Å². The molecule has 0 aromatic heterocycles. The molecule has 0 aliphatic carbocycles. The lowest BCUT2D eigenvalue weighted by molar-refractivity contribution is 0.156. The van der Waals surface area contributed by atoms with Gasteiger partial charge in [-0.2, -0.15) is 0 Å². The summed E-state index contributed by atoms with van der Waals surface area (Å²) in [6.45, 7) is 0.912. The van der Waals surface area contributed by atoms with E-state index < -0.39 is 13.5 Å². The highest BCUT2D eigenvalue weighted by molar-refractivity contribution is 7.67. The molecule has 0 spiro atoms. The highest BCUT2D eigenvalue weighted by atomic mass is 31.2. The summed E-state index contributed by atoms with van der Waals surface area (Å²) in [5.74, 6) is 0. The molecule has 26 heavy (non-hydrogen) atoms. The van der Waals surface area contributed by atoms with E-state index in [1.165, 1.54) is 0 Å². The lowest BCUT2D eigenvalue weighted by Crippen LogP contribution is -2.41. The molecule has 1 aliphatic rings. The minimum absolute atomic E-state index is 0.0108. The van der Waals surface area contributed by atoms with Gasteiger partial charge in [0.2, 0.25) is 0 Å². The fourth-order valence-corrected chi connectivity index (χ4v) is 6.13. The molecule has 2 aromatic carbocycles. The lowest BCUT2D eigenvalue weighted by Gasteiger charge is -2.39. The highest BCUT2D eigenvalue weighted by Gasteiger charge is 2.38. The molecule has 1 heterocycles. The molecule has 1 saturated heterocycles. The van der Waals surface area contributed by atoms with Crippen molar-refractivity contribution in [2.45, 2.75) is 25.0 Å². The second-order valence-electron chi connectivity index (χ2n) is 6.84. The second kappa shape index (κ2) is 8.26. The van der Waals surface area contributed by atoms with E-state index >= 15 is 0 Å². The van der Waals surface area contributed by atoms with E-state index in [0.717, 1.165) is 30.8 Å². The molecule has 140 valence electrons. The lowest BCUT2D eigenvalue weighted by atomic mass is 10.1. The van der Waals surface area contributed by atoms with Gasteiger partial charge >= 0.3 is 0 Å². The standard InChI is InChI=1S/C20H28N3O2P/c1-22(17-10-5-3-6-11-17)26(25,16-20(24)19-14-9-15-21-19)23(2)18-12-7-4-8-13-18/h3-8,10-13,19-21,24H,9,14-16H2,1-2H3/t19-,20+/m0/s1. The van der Waals surface area contributed by atoms with Gasteiger partial charge in [-0.1, -0.05) is 36.4 Å². The van der Waals surface area contributed by atoms with Crippen molar-refractivity contribution in [3.63, 3.8) is 0 Å².